The standard InChI is InChI=1S/C13H18ClNO2/c1-16-12-6-5-11(14)13(17-2)10(12)8-9-4-3-7-15-9/h5-6,9,15H,3-4,7-8H2,1-2H3. The van der Waals surface area contributed by atoms with Gasteiger partial charge in [0.25, 0.3) is 0 Å². The third-order valence-electron chi connectivity index (χ3n) is 3.21. The van der Waals surface area contributed by atoms with Gasteiger partial charge < -0.3 is 14.8 Å². The Morgan fingerprint density at radius 1 is 1.35 bits per heavy atom. The van der Waals surface area contributed by atoms with Crippen LogP contribution in [0.15, 0.2) is 12.1 Å². The van der Waals surface area contributed by atoms with E-state index in [1.807, 2.05) is 12.1 Å². The van der Waals surface area contributed by atoms with Gasteiger partial charge in [0.2, 0.25) is 0 Å². The van der Waals surface area contributed by atoms with Gasteiger partial charge in [0, 0.05) is 11.6 Å². The van der Waals surface area contributed by atoms with Crippen LogP contribution in [-0.4, -0.2) is 26.8 Å². The first kappa shape index (κ1) is 12.5. The maximum atomic E-state index is 6.14. The van der Waals surface area contributed by atoms with Crippen LogP contribution in [0.2, 0.25) is 5.02 Å². The third kappa shape index (κ3) is 2.67. The van der Waals surface area contributed by atoms with Gasteiger partial charge in [-0.25, -0.2) is 0 Å². The molecule has 2 rings (SSSR count). The van der Waals surface area contributed by atoms with Crippen molar-refractivity contribution in [3.63, 3.8) is 0 Å². The van der Waals surface area contributed by atoms with Crippen LogP contribution in [0.1, 0.15) is 18.4 Å². The van der Waals surface area contributed by atoms with E-state index < -0.39 is 0 Å². The maximum Gasteiger partial charge on any atom is 0.144 e. The largest absolute Gasteiger partial charge is 0.496 e. The van der Waals surface area contributed by atoms with Crippen molar-refractivity contribution in [3.05, 3.63) is 22.7 Å². The molecule has 0 spiro atoms. The van der Waals surface area contributed by atoms with Gasteiger partial charge in [-0.1, -0.05) is 11.6 Å². The summed E-state index contributed by atoms with van der Waals surface area (Å²) in [5.41, 5.74) is 1.06. The summed E-state index contributed by atoms with van der Waals surface area (Å²) in [5.74, 6) is 1.58. The second kappa shape index (κ2) is 5.61. The zero-order valence-corrected chi connectivity index (χ0v) is 11.0. The molecule has 0 aliphatic carbocycles. The van der Waals surface area contributed by atoms with E-state index in [-0.39, 0.29) is 0 Å². The van der Waals surface area contributed by atoms with Crippen LogP contribution >= 0.6 is 11.6 Å². The highest BCUT2D eigenvalue weighted by Gasteiger charge is 2.20. The zero-order chi connectivity index (χ0) is 12.3. The van der Waals surface area contributed by atoms with E-state index >= 15 is 0 Å². The molecule has 3 nitrogen and oxygen atoms in total. The number of rotatable bonds is 4. The van der Waals surface area contributed by atoms with Crippen molar-refractivity contribution >= 4 is 11.6 Å². The third-order valence-corrected chi connectivity index (χ3v) is 3.50. The van der Waals surface area contributed by atoms with E-state index in [1.54, 1.807) is 14.2 Å². The minimum Gasteiger partial charge on any atom is -0.496 e. The Bertz CT molecular complexity index is 389. The van der Waals surface area contributed by atoms with Gasteiger partial charge in [0.05, 0.1) is 19.2 Å². The van der Waals surface area contributed by atoms with Crippen molar-refractivity contribution in [2.24, 2.45) is 0 Å². The van der Waals surface area contributed by atoms with Gasteiger partial charge in [-0.15, -0.1) is 0 Å². The lowest BCUT2D eigenvalue weighted by atomic mass is 10.0. The monoisotopic (exact) mass is 255 g/mol. The summed E-state index contributed by atoms with van der Waals surface area (Å²) in [5, 5.41) is 4.11. The Balaban J connectivity index is 2.30. The molecule has 1 heterocycles. The molecule has 1 aliphatic heterocycles. The topological polar surface area (TPSA) is 30.5 Å². The lowest BCUT2D eigenvalue weighted by Gasteiger charge is -2.17. The SMILES string of the molecule is COc1ccc(Cl)c(OC)c1CC1CCCN1. The van der Waals surface area contributed by atoms with Crippen LogP contribution in [0.3, 0.4) is 0 Å². The summed E-state index contributed by atoms with van der Waals surface area (Å²) in [6.07, 6.45) is 3.32. The van der Waals surface area contributed by atoms with Crippen molar-refractivity contribution in [3.8, 4) is 11.5 Å². The molecule has 17 heavy (non-hydrogen) atoms. The molecule has 0 bridgehead atoms. The fraction of sp³-hybridized carbons (Fsp3) is 0.538. The van der Waals surface area contributed by atoms with Gasteiger partial charge in [0.1, 0.15) is 11.5 Å². The first-order valence-electron chi connectivity index (χ1n) is 5.89. The quantitative estimate of drug-likeness (QED) is 0.897. The van der Waals surface area contributed by atoms with E-state index in [4.69, 9.17) is 21.1 Å². The molecule has 94 valence electrons. The highest BCUT2D eigenvalue weighted by molar-refractivity contribution is 6.32. The average Bonchev–Trinajstić information content (AvgIpc) is 2.83. The van der Waals surface area contributed by atoms with E-state index in [0.29, 0.717) is 11.1 Å². The summed E-state index contributed by atoms with van der Waals surface area (Å²) in [6, 6.07) is 4.20. The molecule has 1 fully saturated rings. The van der Waals surface area contributed by atoms with Crippen molar-refractivity contribution in [2.45, 2.75) is 25.3 Å². The first-order chi connectivity index (χ1) is 8.26. The first-order valence-corrected chi connectivity index (χ1v) is 6.26. The van der Waals surface area contributed by atoms with Gasteiger partial charge in [-0.2, -0.15) is 0 Å². The number of ether oxygens (including phenoxy) is 2. The lowest BCUT2D eigenvalue weighted by Crippen LogP contribution is -2.24. The number of hydrogen-bond acceptors (Lipinski definition) is 3. The van der Waals surface area contributed by atoms with Crippen molar-refractivity contribution in [1.82, 2.24) is 5.32 Å². The fourth-order valence-corrected chi connectivity index (χ4v) is 2.62. The Morgan fingerprint density at radius 3 is 2.76 bits per heavy atom. The molecule has 0 saturated carbocycles. The predicted molar refractivity (Wildman–Crippen MR) is 69.3 cm³/mol. The predicted octanol–water partition coefficient (Wildman–Crippen LogP) is 2.65. The van der Waals surface area contributed by atoms with E-state index in [9.17, 15) is 0 Å². The van der Waals surface area contributed by atoms with Crippen LogP contribution in [0.5, 0.6) is 11.5 Å². The second-order valence-electron chi connectivity index (χ2n) is 4.26. The summed E-state index contributed by atoms with van der Waals surface area (Å²) in [6.45, 7) is 1.09. The molecule has 1 aliphatic rings. The highest BCUT2D eigenvalue weighted by atomic mass is 35.5. The van der Waals surface area contributed by atoms with Gasteiger partial charge in [0.15, 0.2) is 0 Å². The molecule has 0 aromatic heterocycles. The summed E-state index contributed by atoms with van der Waals surface area (Å²) in [7, 11) is 3.32. The molecular weight excluding hydrogens is 238 g/mol. The molecule has 1 N–H and O–H groups in total. The molecule has 1 atom stereocenters. The van der Waals surface area contributed by atoms with E-state index in [1.165, 1.54) is 12.8 Å². The lowest BCUT2D eigenvalue weighted by molar-refractivity contribution is 0.381. The molecule has 1 unspecified atom stereocenters. The minimum absolute atomic E-state index is 0.497. The smallest absolute Gasteiger partial charge is 0.144 e. The van der Waals surface area contributed by atoms with Crippen LogP contribution < -0.4 is 14.8 Å². The Labute approximate surface area is 107 Å². The Morgan fingerprint density at radius 2 is 2.18 bits per heavy atom. The average molecular weight is 256 g/mol. The minimum atomic E-state index is 0.497. The molecule has 0 radical (unpaired) electrons. The van der Waals surface area contributed by atoms with Gasteiger partial charge in [-0.05, 0) is 37.9 Å². The molecule has 1 aromatic rings. The van der Waals surface area contributed by atoms with E-state index in [0.717, 1.165) is 30.0 Å². The zero-order valence-electron chi connectivity index (χ0n) is 10.3. The summed E-state index contributed by atoms with van der Waals surface area (Å²) >= 11 is 6.14. The van der Waals surface area contributed by atoms with Gasteiger partial charge in [-0.3, -0.25) is 0 Å². The number of benzene rings is 1. The molecule has 4 heteroatoms. The second-order valence-corrected chi connectivity index (χ2v) is 4.67. The number of methoxy groups -OCH3 is 2. The fourth-order valence-electron chi connectivity index (χ4n) is 2.36. The van der Waals surface area contributed by atoms with Crippen LogP contribution in [0.4, 0.5) is 0 Å². The molecule has 0 amide bonds. The maximum absolute atomic E-state index is 6.14. The molecular formula is C13H18ClNO2. The van der Waals surface area contributed by atoms with Crippen LogP contribution in [0.25, 0.3) is 0 Å². The van der Waals surface area contributed by atoms with Crippen molar-refractivity contribution < 1.29 is 9.47 Å². The highest BCUT2D eigenvalue weighted by Crippen LogP contribution is 2.36. The summed E-state index contributed by atoms with van der Waals surface area (Å²) in [4.78, 5) is 0. The van der Waals surface area contributed by atoms with Crippen LogP contribution in [0, 0.1) is 0 Å². The Hall–Kier alpha value is -0.930. The Kier molecular flexibility index (Phi) is 4.13. The molecule has 1 aromatic carbocycles. The van der Waals surface area contributed by atoms with E-state index in [2.05, 4.69) is 5.32 Å². The van der Waals surface area contributed by atoms with Crippen molar-refractivity contribution in [2.75, 3.05) is 20.8 Å². The molecule has 1 saturated heterocycles. The van der Waals surface area contributed by atoms with Crippen LogP contribution in [-0.2, 0) is 6.42 Å². The number of nitrogens with one attached hydrogen (secondary N) is 1. The normalized spacial score (nSPS) is 19.4. The van der Waals surface area contributed by atoms with Crippen molar-refractivity contribution in [1.29, 1.82) is 0 Å². The number of halogens is 1. The van der Waals surface area contributed by atoms with Gasteiger partial charge >= 0.3 is 0 Å². The number of hydrogen-bond donors (Lipinski definition) is 1. The summed E-state index contributed by atoms with van der Waals surface area (Å²) < 4.78 is 10.8.